The number of nitrogens with zero attached hydrogens (tertiary/aromatic N) is 1. The normalized spacial score (nSPS) is 11.8. The van der Waals surface area contributed by atoms with Crippen LogP contribution in [0.2, 0.25) is 0 Å². The molecule has 20 heavy (non-hydrogen) atoms. The molecule has 1 amide bonds. The zero-order valence-corrected chi connectivity index (χ0v) is 12.9. The molecule has 0 fully saturated rings. The van der Waals surface area contributed by atoms with Crippen molar-refractivity contribution >= 4 is 27.7 Å². The molecule has 2 rings (SSSR count). The van der Waals surface area contributed by atoms with E-state index in [0.29, 0.717) is 11.4 Å². The van der Waals surface area contributed by atoms with Gasteiger partial charge in [0.25, 0.3) is 5.91 Å². The van der Waals surface area contributed by atoms with Gasteiger partial charge in [-0.15, -0.1) is 0 Å². The van der Waals surface area contributed by atoms with Gasteiger partial charge in [0.1, 0.15) is 5.82 Å². The molecule has 104 valence electrons. The Hall–Kier alpha value is -1.88. The van der Waals surface area contributed by atoms with E-state index in [-0.39, 0.29) is 11.9 Å². The summed E-state index contributed by atoms with van der Waals surface area (Å²) in [6.07, 6.45) is 1.65. The average molecular weight is 334 g/mol. The first kappa shape index (κ1) is 14.5. The Kier molecular flexibility index (Phi) is 4.74. The molecule has 0 saturated heterocycles. The predicted molar refractivity (Wildman–Crippen MR) is 83.8 cm³/mol. The van der Waals surface area contributed by atoms with Gasteiger partial charge in [0.15, 0.2) is 0 Å². The minimum atomic E-state index is -0.144. The Morgan fingerprint density at radius 2 is 2.10 bits per heavy atom. The molecule has 1 aromatic heterocycles. The van der Waals surface area contributed by atoms with Gasteiger partial charge in [-0.05, 0) is 36.8 Å². The Balaban J connectivity index is 2.15. The van der Waals surface area contributed by atoms with E-state index in [2.05, 4.69) is 31.5 Å². The summed E-state index contributed by atoms with van der Waals surface area (Å²) in [5.74, 6) is 0.432. The Bertz CT molecular complexity index is 616. The number of pyridine rings is 1. The molecule has 1 aromatic carbocycles. The van der Waals surface area contributed by atoms with Crippen LogP contribution in [0.3, 0.4) is 0 Å². The highest BCUT2D eigenvalue weighted by molar-refractivity contribution is 9.10. The molecule has 0 aliphatic carbocycles. The van der Waals surface area contributed by atoms with Crippen LogP contribution in [0.25, 0.3) is 0 Å². The fraction of sp³-hybridized carbons (Fsp3) is 0.200. The van der Waals surface area contributed by atoms with Crippen LogP contribution in [0.1, 0.15) is 28.9 Å². The van der Waals surface area contributed by atoms with Crippen LogP contribution in [-0.2, 0) is 0 Å². The predicted octanol–water partition coefficient (Wildman–Crippen LogP) is 3.38. The van der Waals surface area contributed by atoms with Crippen molar-refractivity contribution in [3.63, 3.8) is 0 Å². The van der Waals surface area contributed by atoms with Crippen molar-refractivity contribution in [1.82, 2.24) is 10.3 Å². The second-order valence-corrected chi connectivity index (χ2v) is 5.32. The number of carbonyl (C=O) groups is 1. The van der Waals surface area contributed by atoms with E-state index < -0.39 is 0 Å². The van der Waals surface area contributed by atoms with Crippen LogP contribution in [0.4, 0.5) is 5.82 Å². The number of amides is 1. The third kappa shape index (κ3) is 3.36. The van der Waals surface area contributed by atoms with Crippen molar-refractivity contribution in [3.05, 3.63) is 58.2 Å². The highest BCUT2D eigenvalue weighted by Gasteiger charge is 2.14. The third-order valence-corrected chi connectivity index (χ3v) is 3.48. The zero-order valence-electron chi connectivity index (χ0n) is 11.4. The molecular weight excluding hydrogens is 318 g/mol. The van der Waals surface area contributed by atoms with Crippen LogP contribution in [0.15, 0.2) is 47.1 Å². The van der Waals surface area contributed by atoms with E-state index in [1.165, 1.54) is 0 Å². The number of carbonyl (C=O) groups excluding carboxylic acids is 1. The Morgan fingerprint density at radius 3 is 2.80 bits per heavy atom. The number of halogens is 1. The van der Waals surface area contributed by atoms with Gasteiger partial charge in [0.05, 0.1) is 11.6 Å². The fourth-order valence-corrected chi connectivity index (χ4v) is 2.34. The zero-order chi connectivity index (χ0) is 14.5. The maximum absolute atomic E-state index is 12.3. The molecule has 0 spiro atoms. The van der Waals surface area contributed by atoms with Crippen LogP contribution < -0.4 is 10.6 Å². The quantitative estimate of drug-likeness (QED) is 0.901. The molecule has 0 aliphatic heterocycles. The summed E-state index contributed by atoms with van der Waals surface area (Å²) in [5, 5.41) is 5.89. The molecule has 0 radical (unpaired) electrons. The largest absolute Gasteiger partial charge is 0.372 e. The highest BCUT2D eigenvalue weighted by atomic mass is 79.9. The molecule has 0 saturated carbocycles. The van der Waals surface area contributed by atoms with Crippen LogP contribution in [0.5, 0.6) is 0 Å². The summed E-state index contributed by atoms with van der Waals surface area (Å²) in [6.45, 7) is 1.95. The monoisotopic (exact) mass is 333 g/mol. The summed E-state index contributed by atoms with van der Waals surface area (Å²) < 4.78 is 0.994. The van der Waals surface area contributed by atoms with Gasteiger partial charge >= 0.3 is 0 Å². The summed E-state index contributed by atoms with van der Waals surface area (Å²) in [7, 11) is 1.75. The maximum atomic E-state index is 12.3. The molecule has 0 aliphatic rings. The molecule has 4 nitrogen and oxygen atoms in total. The van der Waals surface area contributed by atoms with E-state index in [4.69, 9.17) is 0 Å². The lowest BCUT2D eigenvalue weighted by Crippen LogP contribution is -2.27. The SMILES string of the molecule is CNc1ncccc1C(=O)NC(C)c1cccc(Br)c1. The summed E-state index contributed by atoms with van der Waals surface area (Å²) in [5.41, 5.74) is 1.58. The van der Waals surface area contributed by atoms with Gasteiger partial charge in [0.2, 0.25) is 0 Å². The average Bonchev–Trinajstić information content (AvgIpc) is 2.47. The van der Waals surface area contributed by atoms with Gasteiger partial charge in [0, 0.05) is 17.7 Å². The second-order valence-electron chi connectivity index (χ2n) is 4.40. The van der Waals surface area contributed by atoms with Crippen molar-refractivity contribution in [2.75, 3.05) is 12.4 Å². The van der Waals surface area contributed by atoms with Gasteiger partial charge < -0.3 is 10.6 Å². The number of hydrogen-bond donors (Lipinski definition) is 2. The van der Waals surface area contributed by atoms with E-state index in [9.17, 15) is 4.79 Å². The smallest absolute Gasteiger partial charge is 0.255 e. The minimum absolute atomic E-state index is 0.0788. The molecule has 1 heterocycles. The first-order valence-corrected chi connectivity index (χ1v) is 7.10. The molecule has 1 atom stereocenters. The van der Waals surface area contributed by atoms with Gasteiger partial charge in [-0.2, -0.15) is 0 Å². The van der Waals surface area contributed by atoms with Gasteiger partial charge in [-0.1, -0.05) is 28.1 Å². The van der Waals surface area contributed by atoms with Crippen molar-refractivity contribution in [2.45, 2.75) is 13.0 Å². The summed E-state index contributed by atoms with van der Waals surface area (Å²) in [4.78, 5) is 16.4. The molecule has 0 bridgehead atoms. The highest BCUT2D eigenvalue weighted by Crippen LogP contribution is 2.19. The van der Waals surface area contributed by atoms with E-state index >= 15 is 0 Å². The lowest BCUT2D eigenvalue weighted by atomic mass is 10.1. The first-order valence-electron chi connectivity index (χ1n) is 6.31. The Morgan fingerprint density at radius 1 is 1.30 bits per heavy atom. The van der Waals surface area contributed by atoms with Crippen molar-refractivity contribution in [3.8, 4) is 0 Å². The maximum Gasteiger partial charge on any atom is 0.255 e. The van der Waals surface area contributed by atoms with Crippen molar-refractivity contribution in [2.24, 2.45) is 0 Å². The molecular formula is C15H16BrN3O. The Labute approximate surface area is 126 Å². The fourth-order valence-electron chi connectivity index (χ4n) is 1.92. The molecule has 1 unspecified atom stereocenters. The van der Waals surface area contributed by atoms with Crippen LogP contribution >= 0.6 is 15.9 Å². The number of benzene rings is 1. The topological polar surface area (TPSA) is 54.0 Å². The van der Waals surface area contributed by atoms with Crippen LogP contribution in [0, 0.1) is 0 Å². The number of rotatable bonds is 4. The number of anilines is 1. The van der Waals surface area contributed by atoms with Crippen molar-refractivity contribution < 1.29 is 4.79 Å². The lowest BCUT2D eigenvalue weighted by molar-refractivity contribution is 0.0940. The first-order chi connectivity index (χ1) is 9.61. The van der Waals surface area contributed by atoms with Crippen molar-refractivity contribution in [1.29, 1.82) is 0 Å². The number of nitrogens with one attached hydrogen (secondary N) is 2. The molecule has 5 heteroatoms. The summed E-state index contributed by atoms with van der Waals surface area (Å²) >= 11 is 3.43. The second kappa shape index (κ2) is 6.52. The number of aromatic nitrogens is 1. The van der Waals surface area contributed by atoms with Gasteiger partial charge in [-0.3, -0.25) is 4.79 Å². The third-order valence-electron chi connectivity index (χ3n) is 2.99. The van der Waals surface area contributed by atoms with Crippen LogP contribution in [-0.4, -0.2) is 17.9 Å². The summed E-state index contributed by atoms with van der Waals surface area (Å²) in [6, 6.07) is 11.3. The lowest BCUT2D eigenvalue weighted by Gasteiger charge is -2.15. The van der Waals surface area contributed by atoms with E-state index in [1.807, 2.05) is 31.2 Å². The molecule has 2 aromatic rings. The van der Waals surface area contributed by atoms with E-state index in [0.717, 1.165) is 10.0 Å². The number of hydrogen-bond acceptors (Lipinski definition) is 3. The molecule has 2 N–H and O–H groups in total. The minimum Gasteiger partial charge on any atom is -0.372 e. The van der Waals surface area contributed by atoms with E-state index in [1.54, 1.807) is 25.4 Å². The van der Waals surface area contributed by atoms with Gasteiger partial charge in [-0.25, -0.2) is 4.98 Å². The standard InChI is InChI=1S/C15H16BrN3O/c1-10(11-5-3-6-12(16)9-11)19-15(20)13-7-4-8-18-14(13)17-2/h3-10H,1-2H3,(H,17,18)(H,19,20).